The van der Waals surface area contributed by atoms with Gasteiger partial charge in [-0.05, 0) is 63.0 Å². The van der Waals surface area contributed by atoms with Crippen molar-refractivity contribution < 1.29 is 0 Å². The molecule has 0 bridgehead atoms. The van der Waals surface area contributed by atoms with Gasteiger partial charge >= 0.3 is 0 Å². The van der Waals surface area contributed by atoms with Crippen LogP contribution in [0, 0.1) is 6.92 Å². The maximum absolute atomic E-state index is 4.51. The van der Waals surface area contributed by atoms with Crippen LogP contribution in [0.25, 0.3) is 0 Å². The van der Waals surface area contributed by atoms with Crippen LogP contribution in [0.15, 0.2) is 45.5 Å². The Morgan fingerprint density at radius 1 is 1.22 bits per heavy atom. The molecule has 2 rings (SSSR count). The lowest BCUT2D eigenvalue weighted by Crippen LogP contribution is -2.20. The molecule has 94 valence electrons. The third-order valence-electron chi connectivity index (χ3n) is 2.90. The van der Waals surface area contributed by atoms with Gasteiger partial charge in [0.2, 0.25) is 0 Å². The highest BCUT2D eigenvalue weighted by Crippen LogP contribution is 2.29. The molecule has 2 nitrogen and oxygen atoms in total. The molecule has 18 heavy (non-hydrogen) atoms. The smallest absolute Gasteiger partial charge is 0.0763 e. The van der Waals surface area contributed by atoms with Crippen molar-refractivity contribution in [2.24, 2.45) is 0 Å². The number of nitrogens with zero attached hydrogens (tertiary/aromatic N) is 1. The lowest BCUT2D eigenvalue weighted by atomic mass is 9.98. The number of halogens is 2. The standard InChI is InChI=1S/C14H14Br2N2/c1-9-5-3-4-6-11(9)13(17-2)14-12(16)7-10(15)8-18-14/h3-8,13,17H,1-2H3. The van der Waals surface area contributed by atoms with Crippen LogP contribution in [-0.4, -0.2) is 12.0 Å². The minimum atomic E-state index is 0.0914. The number of aryl methyl sites for hydroxylation is 1. The zero-order chi connectivity index (χ0) is 13.1. The molecule has 0 aliphatic rings. The predicted molar refractivity (Wildman–Crippen MR) is 81.7 cm³/mol. The lowest BCUT2D eigenvalue weighted by Gasteiger charge is -2.19. The van der Waals surface area contributed by atoms with Gasteiger partial charge < -0.3 is 5.32 Å². The molecule has 2 aromatic rings. The zero-order valence-electron chi connectivity index (χ0n) is 10.2. The molecular weight excluding hydrogens is 356 g/mol. The van der Waals surface area contributed by atoms with Gasteiger partial charge in [-0.3, -0.25) is 4.98 Å². The summed E-state index contributed by atoms with van der Waals surface area (Å²) in [5.41, 5.74) is 3.50. The van der Waals surface area contributed by atoms with Gasteiger partial charge in [0.15, 0.2) is 0 Å². The molecule has 1 atom stereocenters. The monoisotopic (exact) mass is 368 g/mol. The first-order valence-corrected chi connectivity index (χ1v) is 7.26. The molecule has 0 saturated heterocycles. The summed E-state index contributed by atoms with van der Waals surface area (Å²) in [4.78, 5) is 4.51. The van der Waals surface area contributed by atoms with E-state index in [4.69, 9.17) is 0 Å². The third kappa shape index (κ3) is 2.82. The van der Waals surface area contributed by atoms with Crippen LogP contribution in [-0.2, 0) is 0 Å². The summed E-state index contributed by atoms with van der Waals surface area (Å²) in [6.07, 6.45) is 1.82. The highest BCUT2D eigenvalue weighted by atomic mass is 79.9. The molecule has 1 aromatic heterocycles. The first-order chi connectivity index (χ1) is 8.63. The normalized spacial score (nSPS) is 12.4. The van der Waals surface area contributed by atoms with E-state index in [0.717, 1.165) is 14.6 Å². The van der Waals surface area contributed by atoms with E-state index < -0.39 is 0 Å². The molecule has 0 spiro atoms. The number of benzene rings is 1. The fourth-order valence-electron chi connectivity index (χ4n) is 1.99. The summed E-state index contributed by atoms with van der Waals surface area (Å²) in [6, 6.07) is 10.5. The summed E-state index contributed by atoms with van der Waals surface area (Å²) in [5.74, 6) is 0. The zero-order valence-corrected chi connectivity index (χ0v) is 13.4. The molecule has 4 heteroatoms. The van der Waals surface area contributed by atoms with E-state index in [1.807, 2.05) is 19.3 Å². The number of aromatic nitrogens is 1. The van der Waals surface area contributed by atoms with Gasteiger partial charge in [0.25, 0.3) is 0 Å². The first-order valence-electron chi connectivity index (χ1n) is 5.67. The molecular formula is C14H14Br2N2. The average molecular weight is 370 g/mol. The van der Waals surface area contributed by atoms with Crippen molar-refractivity contribution in [3.8, 4) is 0 Å². The maximum atomic E-state index is 4.51. The largest absolute Gasteiger partial charge is 0.308 e. The van der Waals surface area contributed by atoms with E-state index in [1.165, 1.54) is 11.1 Å². The van der Waals surface area contributed by atoms with E-state index in [2.05, 4.69) is 73.3 Å². The van der Waals surface area contributed by atoms with E-state index in [0.29, 0.717) is 0 Å². The Hall–Kier alpha value is -0.710. The van der Waals surface area contributed by atoms with Gasteiger partial charge in [-0.15, -0.1) is 0 Å². The molecule has 0 aliphatic heterocycles. The van der Waals surface area contributed by atoms with Crippen LogP contribution >= 0.6 is 31.9 Å². The molecule has 0 amide bonds. The van der Waals surface area contributed by atoms with Crippen molar-refractivity contribution in [2.45, 2.75) is 13.0 Å². The Morgan fingerprint density at radius 3 is 2.56 bits per heavy atom. The highest BCUT2D eigenvalue weighted by Gasteiger charge is 2.18. The van der Waals surface area contributed by atoms with Crippen LogP contribution in [0.4, 0.5) is 0 Å². The van der Waals surface area contributed by atoms with Gasteiger partial charge in [-0.25, -0.2) is 0 Å². The van der Waals surface area contributed by atoms with Gasteiger partial charge in [0.1, 0.15) is 0 Å². The Bertz CT molecular complexity index is 555. The van der Waals surface area contributed by atoms with Crippen LogP contribution in [0.3, 0.4) is 0 Å². The molecule has 1 heterocycles. The Balaban J connectivity index is 2.49. The van der Waals surface area contributed by atoms with Crippen molar-refractivity contribution in [3.63, 3.8) is 0 Å². The van der Waals surface area contributed by atoms with Crippen LogP contribution in [0.1, 0.15) is 22.9 Å². The lowest BCUT2D eigenvalue weighted by molar-refractivity contribution is 0.663. The average Bonchev–Trinajstić information content (AvgIpc) is 2.34. The quantitative estimate of drug-likeness (QED) is 0.875. The topological polar surface area (TPSA) is 24.9 Å². The van der Waals surface area contributed by atoms with Crippen LogP contribution < -0.4 is 5.32 Å². The second-order valence-corrected chi connectivity index (χ2v) is 5.87. The van der Waals surface area contributed by atoms with Gasteiger partial charge in [-0.1, -0.05) is 24.3 Å². The van der Waals surface area contributed by atoms with Gasteiger partial charge in [0, 0.05) is 15.1 Å². The number of pyridine rings is 1. The minimum absolute atomic E-state index is 0.0914. The minimum Gasteiger partial charge on any atom is -0.308 e. The number of hydrogen-bond acceptors (Lipinski definition) is 2. The van der Waals surface area contributed by atoms with E-state index in [-0.39, 0.29) is 6.04 Å². The fourth-order valence-corrected chi connectivity index (χ4v) is 3.20. The van der Waals surface area contributed by atoms with Gasteiger partial charge in [0.05, 0.1) is 11.7 Å². The molecule has 0 aliphatic carbocycles. The fraction of sp³-hybridized carbons (Fsp3) is 0.214. The van der Waals surface area contributed by atoms with Crippen LogP contribution in [0.2, 0.25) is 0 Å². The van der Waals surface area contributed by atoms with E-state index in [9.17, 15) is 0 Å². The molecule has 1 unspecified atom stereocenters. The summed E-state index contributed by atoms with van der Waals surface area (Å²) in [7, 11) is 1.95. The summed E-state index contributed by atoms with van der Waals surface area (Å²) < 4.78 is 1.97. The van der Waals surface area contributed by atoms with E-state index >= 15 is 0 Å². The Labute approximate surface area is 124 Å². The van der Waals surface area contributed by atoms with Crippen molar-refractivity contribution >= 4 is 31.9 Å². The summed E-state index contributed by atoms with van der Waals surface area (Å²) in [6.45, 7) is 2.12. The van der Waals surface area contributed by atoms with Crippen molar-refractivity contribution in [1.29, 1.82) is 0 Å². The van der Waals surface area contributed by atoms with Crippen molar-refractivity contribution in [3.05, 3.63) is 62.3 Å². The molecule has 0 saturated carbocycles. The second kappa shape index (κ2) is 5.95. The second-order valence-electron chi connectivity index (χ2n) is 4.10. The van der Waals surface area contributed by atoms with Crippen LogP contribution in [0.5, 0.6) is 0 Å². The Kier molecular flexibility index (Phi) is 4.54. The van der Waals surface area contributed by atoms with Crippen molar-refractivity contribution in [2.75, 3.05) is 7.05 Å². The molecule has 0 radical (unpaired) electrons. The third-order valence-corrected chi connectivity index (χ3v) is 3.97. The summed E-state index contributed by atoms with van der Waals surface area (Å²) in [5, 5.41) is 3.33. The number of rotatable bonds is 3. The molecule has 1 N–H and O–H groups in total. The van der Waals surface area contributed by atoms with Crippen molar-refractivity contribution in [1.82, 2.24) is 10.3 Å². The number of nitrogens with one attached hydrogen (secondary N) is 1. The highest BCUT2D eigenvalue weighted by molar-refractivity contribution is 9.11. The summed E-state index contributed by atoms with van der Waals surface area (Å²) >= 11 is 7.00. The SMILES string of the molecule is CNC(c1ccccc1C)c1ncc(Br)cc1Br. The van der Waals surface area contributed by atoms with E-state index in [1.54, 1.807) is 0 Å². The predicted octanol–water partition coefficient (Wildman–Crippen LogP) is 4.22. The molecule has 0 fully saturated rings. The molecule has 1 aromatic carbocycles. The Morgan fingerprint density at radius 2 is 1.94 bits per heavy atom. The van der Waals surface area contributed by atoms with Gasteiger partial charge in [-0.2, -0.15) is 0 Å². The first kappa shape index (κ1) is 13.7. The number of hydrogen-bond donors (Lipinski definition) is 1. The maximum Gasteiger partial charge on any atom is 0.0763 e.